The second-order valence-corrected chi connectivity index (χ2v) is 7.30. The van der Waals surface area contributed by atoms with Gasteiger partial charge in [0, 0.05) is 32.4 Å². The molecule has 0 radical (unpaired) electrons. The van der Waals surface area contributed by atoms with Crippen molar-refractivity contribution in [2.24, 2.45) is 0 Å². The van der Waals surface area contributed by atoms with Crippen LogP contribution in [0.1, 0.15) is 5.56 Å². The number of pyridine rings is 1. The van der Waals surface area contributed by atoms with E-state index in [2.05, 4.69) is 4.98 Å². The lowest BCUT2D eigenvalue weighted by molar-refractivity contribution is 0.384. The van der Waals surface area contributed by atoms with Crippen molar-refractivity contribution < 1.29 is 12.8 Å². The van der Waals surface area contributed by atoms with Gasteiger partial charge in [0.1, 0.15) is 17.7 Å². The molecule has 0 atom stereocenters. The van der Waals surface area contributed by atoms with Gasteiger partial charge in [-0.1, -0.05) is 0 Å². The zero-order valence-corrected chi connectivity index (χ0v) is 13.6. The topological polar surface area (TPSA) is 77.3 Å². The fourth-order valence-electron chi connectivity index (χ4n) is 2.55. The fraction of sp³-hybridized carbons (Fsp3) is 0.250. The van der Waals surface area contributed by atoms with Crippen molar-refractivity contribution in [1.29, 1.82) is 5.26 Å². The van der Waals surface area contributed by atoms with E-state index in [0.29, 0.717) is 37.6 Å². The minimum Gasteiger partial charge on any atom is -0.354 e. The normalized spacial score (nSPS) is 15.9. The number of nitrogens with zero attached hydrogens (tertiary/aromatic N) is 4. The first kappa shape index (κ1) is 16.4. The van der Waals surface area contributed by atoms with Crippen molar-refractivity contribution >= 4 is 15.8 Å². The van der Waals surface area contributed by atoms with Crippen LogP contribution in [0, 0.1) is 17.1 Å². The molecule has 1 aliphatic heterocycles. The van der Waals surface area contributed by atoms with Crippen LogP contribution >= 0.6 is 0 Å². The van der Waals surface area contributed by atoms with Crippen LogP contribution < -0.4 is 4.90 Å². The Morgan fingerprint density at radius 1 is 1.04 bits per heavy atom. The summed E-state index contributed by atoms with van der Waals surface area (Å²) < 4.78 is 39.5. The fourth-order valence-corrected chi connectivity index (χ4v) is 3.97. The van der Waals surface area contributed by atoms with E-state index in [-0.39, 0.29) is 4.90 Å². The van der Waals surface area contributed by atoms with E-state index in [9.17, 15) is 12.8 Å². The number of hydrogen-bond donors (Lipinski definition) is 0. The van der Waals surface area contributed by atoms with Crippen molar-refractivity contribution in [2.75, 3.05) is 31.1 Å². The number of benzene rings is 1. The SMILES string of the molecule is N#Cc1ccc(N2CCN(S(=O)(=O)c3ccc(F)cc3)CC2)nc1. The van der Waals surface area contributed by atoms with E-state index in [1.807, 2.05) is 11.0 Å². The summed E-state index contributed by atoms with van der Waals surface area (Å²) >= 11 is 0. The van der Waals surface area contributed by atoms with E-state index in [4.69, 9.17) is 5.26 Å². The number of hydrogen-bond acceptors (Lipinski definition) is 5. The van der Waals surface area contributed by atoms with Gasteiger partial charge in [0.05, 0.1) is 10.5 Å². The van der Waals surface area contributed by atoms with Crippen LogP contribution in [0.25, 0.3) is 0 Å². The molecule has 2 heterocycles. The zero-order chi connectivity index (χ0) is 17.2. The average Bonchev–Trinajstić information content (AvgIpc) is 2.62. The molecular weight excluding hydrogens is 331 g/mol. The third-order valence-electron chi connectivity index (χ3n) is 3.89. The highest BCUT2D eigenvalue weighted by atomic mass is 32.2. The highest BCUT2D eigenvalue weighted by molar-refractivity contribution is 7.89. The molecular formula is C16H15FN4O2S. The van der Waals surface area contributed by atoms with Crippen LogP contribution in [-0.2, 0) is 10.0 Å². The molecule has 0 aliphatic carbocycles. The summed E-state index contributed by atoms with van der Waals surface area (Å²) in [4.78, 5) is 6.28. The van der Waals surface area contributed by atoms with Gasteiger partial charge in [-0.3, -0.25) is 0 Å². The first-order valence-corrected chi connectivity index (χ1v) is 8.81. The van der Waals surface area contributed by atoms with Crippen LogP contribution in [0.5, 0.6) is 0 Å². The van der Waals surface area contributed by atoms with Crippen molar-refractivity contribution in [3.63, 3.8) is 0 Å². The van der Waals surface area contributed by atoms with Gasteiger partial charge < -0.3 is 4.90 Å². The molecule has 8 heteroatoms. The van der Waals surface area contributed by atoms with E-state index in [1.54, 1.807) is 12.1 Å². The summed E-state index contributed by atoms with van der Waals surface area (Å²) in [5, 5.41) is 8.79. The predicted octanol–water partition coefficient (Wildman–Crippen LogP) is 1.60. The summed E-state index contributed by atoms with van der Waals surface area (Å²) in [7, 11) is -3.62. The Balaban J connectivity index is 1.70. The van der Waals surface area contributed by atoms with Gasteiger partial charge in [0.2, 0.25) is 10.0 Å². The van der Waals surface area contributed by atoms with Crippen LogP contribution in [-0.4, -0.2) is 43.9 Å². The molecule has 0 unspecified atom stereocenters. The van der Waals surface area contributed by atoms with Gasteiger partial charge >= 0.3 is 0 Å². The summed E-state index contributed by atoms with van der Waals surface area (Å²) in [6, 6.07) is 10.3. The number of piperazine rings is 1. The molecule has 6 nitrogen and oxygen atoms in total. The monoisotopic (exact) mass is 346 g/mol. The maximum atomic E-state index is 13.0. The van der Waals surface area contributed by atoms with Crippen LogP contribution in [0.4, 0.5) is 10.2 Å². The number of nitriles is 1. The number of sulfonamides is 1. The van der Waals surface area contributed by atoms with Crippen LogP contribution in [0.3, 0.4) is 0 Å². The minimum absolute atomic E-state index is 0.0915. The van der Waals surface area contributed by atoms with E-state index in [1.165, 1.54) is 22.6 Å². The Kier molecular flexibility index (Phi) is 4.46. The predicted molar refractivity (Wildman–Crippen MR) is 86.3 cm³/mol. The molecule has 0 bridgehead atoms. The highest BCUT2D eigenvalue weighted by Crippen LogP contribution is 2.20. The molecule has 1 aromatic heterocycles. The van der Waals surface area contributed by atoms with Gasteiger partial charge in [-0.15, -0.1) is 0 Å². The summed E-state index contributed by atoms with van der Waals surface area (Å²) in [5.74, 6) is 0.249. The smallest absolute Gasteiger partial charge is 0.243 e. The molecule has 1 aromatic carbocycles. The highest BCUT2D eigenvalue weighted by Gasteiger charge is 2.28. The molecule has 0 saturated carbocycles. The molecule has 1 saturated heterocycles. The lowest BCUT2D eigenvalue weighted by atomic mass is 10.3. The van der Waals surface area contributed by atoms with Crippen molar-refractivity contribution in [1.82, 2.24) is 9.29 Å². The molecule has 1 fully saturated rings. The first-order valence-electron chi connectivity index (χ1n) is 7.37. The van der Waals surface area contributed by atoms with Crippen LogP contribution in [0.15, 0.2) is 47.5 Å². The lowest BCUT2D eigenvalue weighted by Crippen LogP contribution is -2.48. The number of anilines is 1. The Bertz CT molecular complexity index is 852. The Morgan fingerprint density at radius 3 is 2.25 bits per heavy atom. The Labute approximate surface area is 139 Å². The molecule has 24 heavy (non-hydrogen) atoms. The second-order valence-electron chi connectivity index (χ2n) is 5.36. The van der Waals surface area contributed by atoms with Crippen molar-refractivity contribution in [3.05, 3.63) is 54.0 Å². The molecule has 0 amide bonds. The van der Waals surface area contributed by atoms with Crippen LogP contribution in [0.2, 0.25) is 0 Å². The Hall–Kier alpha value is -2.50. The number of aromatic nitrogens is 1. The van der Waals surface area contributed by atoms with Gasteiger partial charge in [-0.05, 0) is 36.4 Å². The number of rotatable bonds is 3. The molecule has 0 N–H and O–H groups in total. The summed E-state index contributed by atoms with van der Waals surface area (Å²) in [6.07, 6.45) is 1.50. The molecule has 3 rings (SSSR count). The standard InChI is InChI=1S/C16H15FN4O2S/c17-14-2-4-15(5-3-14)24(22,23)21-9-7-20(8-10-21)16-6-1-13(11-18)12-19-16/h1-6,12H,7-10H2. The van der Waals surface area contributed by atoms with Gasteiger partial charge in [0.25, 0.3) is 0 Å². The third kappa shape index (κ3) is 3.22. The zero-order valence-electron chi connectivity index (χ0n) is 12.8. The number of halogens is 1. The minimum atomic E-state index is -3.62. The molecule has 2 aromatic rings. The Morgan fingerprint density at radius 2 is 1.71 bits per heavy atom. The largest absolute Gasteiger partial charge is 0.354 e. The lowest BCUT2D eigenvalue weighted by Gasteiger charge is -2.34. The molecule has 0 spiro atoms. The molecule has 1 aliphatic rings. The van der Waals surface area contributed by atoms with Crippen molar-refractivity contribution in [3.8, 4) is 6.07 Å². The van der Waals surface area contributed by atoms with E-state index >= 15 is 0 Å². The maximum absolute atomic E-state index is 13.0. The summed E-state index contributed by atoms with van der Waals surface area (Å²) in [6.45, 7) is 1.64. The van der Waals surface area contributed by atoms with Gasteiger partial charge in [-0.25, -0.2) is 17.8 Å². The second kappa shape index (κ2) is 6.55. The van der Waals surface area contributed by atoms with Crippen molar-refractivity contribution in [2.45, 2.75) is 4.90 Å². The maximum Gasteiger partial charge on any atom is 0.243 e. The van der Waals surface area contributed by atoms with Gasteiger partial charge in [0.15, 0.2) is 0 Å². The first-order chi connectivity index (χ1) is 11.5. The third-order valence-corrected chi connectivity index (χ3v) is 5.80. The quantitative estimate of drug-likeness (QED) is 0.844. The van der Waals surface area contributed by atoms with E-state index < -0.39 is 15.8 Å². The summed E-state index contributed by atoms with van der Waals surface area (Å²) in [5.41, 5.74) is 0.483. The van der Waals surface area contributed by atoms with Gasteiger partial charge in [-0.2, -0.15) is 9.57 Å². The average molecular weight is 346 g/mol. The molecule has 124 valence electrons. The van der Waals surface area contributed by atoms with E-state index in [0.717, 1.165) is 12.1 Å².